The van der Waals surface area contributed by atoms with Crippen LogP contribution in [0.25, 0.3) is 11.5 Å². The second kappa shape index (κ2) is 4.49. The molecule has 0 spiro atoms. The summed E-state index contributed by atoms with van der Waals surface area (Å²) in [5, 5.41) is 3.76. The van der Waals surface area contributed by atoms with E-state index in [-0.39, 0.29) is 17.6 Å². The molecule has 3 heterocycles. The number of rotatable bonds is 2. The van der Waals surface area contributed by atoms with E-state index in [0.29, 0.717) is 17.5 Å². The smallest absolute Gasteiger partial charge is 0.316 e. The third-order valence-corrected chi connectivity index (χ3v) is 3.17. The van der Waals surface area contributed by atoms with Crippen LogP contribution in [-0.4, -0.2) is 39.0 Å². The zero-order valence-corrected chi connectivity index (χ0v) is 10.8. The number of hydrogen-bond donors (Lipinski definition) is 0. The highest BCUT2D eigenvalue weighted by molar-refractivity contribution is 5.90. The number of aromatic nitrogens is 3. The van der Waals surface area contributed by atoms with Crippen molar-refractivity contribution in [1.29, 1.82) is 0 Å². The largest absolute Gasteiger partial charge is 0.449 e. The van der Waals surface area contributed by atoms with Gasteiger partial charge in [-0.05, 0) is 12.3 Å². The predicted octanol–water partition coefficient (Wildman–Crippen LogP) is 1.52. The van der Waals surface area contributed by atoms with Crippen LogP contribution >= 0.6 is 0 Å². The lowest BCUT2D eigenvalue weighted by atomic mass is 10.2. The Morgan fingerprint density at radius 2 is 2.32 bits per heavy atom. The number of oxazole rings is 1. The molecule has 7 nitrogen and oxygen atoms in total. The van der Waals surface area contributed by atoms with E-state index in [0.717, 1.165) is 19.5 Å². The van der Waals surface area contributed by atoms with Gasteiger partial charge in [0.2, 0.25) is 5.82 Å². The average Bonchev–Trinajstić information content (AvgIpc) is 3.07. The van der Waals surface area contributed by atoms with Crippen molar-refractivity contribution < 1.29 is 13.7 Å². The molecule has 1 unspecified atom stereocenters. The van der Waals surface area contributed by atoms with Gasteiger partial charge in [0, 0.05) is 20.0 Å². The van der Waals surface area contributed by atoms with Gasteiger partial charge in [0.1, 0.15) is 12.0 Å². The van der Waals surface area contributed by atoms with Crippen LogP contribution < -0.4 is 0 Å². The van der Waals surface area contributed by atoms with E-state index < -0.39 is 0 Å². The van der Waals surface area contributed by atoms with E-state index >= 15 is 0 Å². The van der Waals surface area contributed by atoms with Crippen LogP contribution in [0.15, 0.2) is 15.2 Å². The summed E-state index contributed by atoms with van der Waals surface area (Å²) in [6.07, 6.45) is 2.45. The Morgan fingerprint density at radius 1 is 1.47 bits per heavy atom. The molecule has 0 N–H and O–H groups in total. The fourth-order valence-corrected chi connectivity index (χ4v) is 2.14. The molecule has 19 heavy (non-hydrogen) atoms. The van der Waals surface area contributed by atoms with Crippen molar-refractivity contribution >= 4 is 5.91 Å². The summed E-state index contributed by atoms with van der Waals surface area (Å²) in [6.45, 7) is 5.31. The quantitative estimate of drug-likeness (QED) is 0.815. The summed E-state index contributed by atoms with van der Waals surface area (Å²) in [5.41, 5.74) is 0.468. The molecule has 0 bridgehead atoms. The average molecular weight is 262 g/mol. The van der Waals surface area contributed by atoms with Gasteiger partial charge in [-0.15, -0.1) is 0 Å². The van der Waals surface area contributed by atoms with Crippen molar-refractivity contribution in [2.75, 3.05) is 13.1 Å². The highest BCUT2D eigenvalue weighted by Crippen LogP contribution is 2.19. The lowest BCUT2D eigenvalue weighted by Crippen LogP contribution is -2.28. The first-order valence-corrected chi connectivity index (χ1v) is 6.19. The number of likely N-dealkylation sites (tertiary alicyclic amines) is 1. The summed E-state index contributed by atoms with van der Waals surface area (Å²) in [5.74, 6) is 1.09. The van der Waals surface area contributed by atoms with Crippen LogP contribution in [0, 0.1) is 12.8 Å². The van der Waals surface area contributed by atoms with Gasteiger partial charge in [-0.1, -0.05) is 12.1 Å². The van der Waals surface area contributed by atoms with Gasteiger partial charge in [0.15, 0.2) is 5.89 Å². The van der Waals surface area contributed by atoms with E-state index in [9.17, 15) is 4.79 Å². The van der Waals surface area contributed by atoms with Crippen LogP contribution in [0.2, 0.25) is 0 Å². The van der Waals surface area contributed by atoms with E-state index in [1.807, 2.05) is 0 Å². The number of carbonyl (C=O) groups excluding carboxylic acids is 1. The standard InChI is InChI=1S/C12H14N4O3/c1-7-3-4-16(5-7)12(17)11-14-10(15-19-11)9-6-18-8(2)13-9/h6-7H,3-5H2,1-2H3. The van der Waals surface area contributed by atoms with Gasteiger partial charge in [0.25, 0.3) is 0 Å². The molecule has 1 fully saturated rings. The Hall–Kier alpha value is -2.18. The van der Waals surface area contributed by atoms with E-state index in [1.165, 1.54) is 6.26 Å². The van der Waals surface area contributed by atoms with Crippen molar-refractivity contribution in [2.24, 2.45) is 5.92 Å². The Kier molecular flexibility index (Phi) is 2.81. The number of nitrogens with zero attached hydrogens (tertiary/aromatic N) is 4. The highest BCUT2D eigenvalue weighted by atomic mass is 16.5. The van der Waals surface area contributed by atoms with Crippen molar-refractivity contribution in [3.63, 3.8) is 0 Å². The summed E-state index contributed by atoms with van der Waals surface area (Å²) in [7, 11) is 0. The molecule has 3 rings (SSSR count). The molecule has 1 amide bonds. The third kappa shape index (κ3) is 2.23. The minimum atomic E-state index is -0.219. The second-order valence-electron chi connectivity index (χ2n) is 4.82. The fourth-order valence-electron chi connectivity index (χ4n) is 2.14. The SMILES string of the molecule is Cc1nc(-c2noc(C(=O)N3CCC(C)C3)n2)co1. The van der Waals surface area contributed by atoms with Gasteiger partial charge in [-0.3, -0.25) is 4.79 Å². The Morgan fingerprint density at radius 3 is 2.95 bits per heavy atom. The van der Waals surface area contributed by atoms with Gasteiger partial charge in [-0.25, -0.2) is 4.98 Å². The molecule has 1 aliphatic heterocycles. The van der Waals surface area contributed by atoms with Gasteiger partial charge >= 0.3 is 11.8 Å². The van der Waals surface area contributed by atoms with Gasteiger partial charge < -0.3 is 13.8 Å². The van der Waals surface area contributed by atoms with Gasteiger partial charge in [-0.2, -0.15) is 4.98 Å². The van der Waals surface area contributed by atoms with E-state index in [1.54, 1.807) is 11.8 Å². The first-order chi connectivity index (χ1) is 9.13. The molecule has 2 aromatic heterocycles. The summed E-state index contributed by atoms with van der Waals surface area (Å²) >= 11 is 0. The van der Waals surface area contributed by atoms with Gasteiger partial charge in [0.05, 0.1) is 0 Å². The molecule has 0 aromatic carbocycles. The molecule has 0 aliphatic carbocycles. The second-order valence-corrected chi connectivity index (χ2v) is 4.82. The molecule has 0 radical (unpaired) electrons. The summed E-state index contributed by atoms with van der Waals surface area (Å²) in [6, 6.07) is 0. The lowest BCUT2D eigenvalue weighted by Gasteiger charge is -2.12. The zero-order valence-electron chi connectivity index (χ0n) is 10.8. The molecule has 0 saturated carbocycles. The van der Waals surface area contributed by atoms with Crippen molar-refractivity contribution in [2.45, 2.75) is 20.3 Å². The third-order valence-electron chi connectivity index (χ3n) is 3.17. The zero-order chi connectivity index (χ0) is 13.4. The molecule has 1 aliphatic rings. The maximum atomic E-state index is 12.1. The van der Waals surface area contributed by atoms with Crippen LogP contribution in [0.1, 0.15) is 29.9 Å². The highest BCUT2D eigenvalue weighted by Gasteiger charge is 2.28. The number of carbonyl (C=O) groups is 1. The summed E-state index contributed by atoms with van der Waals surface area (Å²) < 4.78 is 10.1. The first kappa shape index (κ1) is 11.9. The monoisotopic (exact) mass is 262 g/mol. The van der Waals surface area contributed by atoms with E-state index in [2.05, 4.69) is 22.0 Å². The first-order valence-electron chi connectivity index (χ1n) is 6.19. The van der Waals surface area contributed by atoms with Crippen molar-refractivity contribution in [3.05, 3.63) is 18.0 Å². The topological polar surface area (TPSA) is 85.3 Å². The number of aryl methyl sites for hydroxylation is 1. The molecule has 2 aromatic rings. The Balaban J connectivity index is 1.79. The minimum Gasteiger partial charge on any atom is -0.449 e. The normalized spacial score (nSPS) is 19.1. The molecule has 1 atom stereocenters. The molecular weight excluding hydrogens is 248 g/mol. The van der Waals surface area contributed by atoms with Crippen LogP contribution in [0.5, 0.6) is 0 Å². The number of amides is 1. The van der Waals surface area contributed by atoms with Crippen LogP contribution in [0.4, 0.5) is 0 Å². The number of hydrogen-bond acceptors (Lipinski definition) is 6. The molecular formula is C12H14N4O3. The Labute approximate surface area is 109 Å². The van der Waals surface area contributed by atoms with E-state index in [4.69, 9.17) is 8.94 Å². The predicted molar refractivity (Wildman–Crippen MR) is 64.2 cm³/mol. The lowest BCUT2D eigenvalue weighted by molar-refractivity contribution is 0.0738. The molecule has 1 saturated heterocycles. The minimum absolute atomic E-state index is 0.00440. The van der Waals surface area contributed by atoms with Crippen molar-refractivity contribution in [1.82, 2.24) is 20.0 Å². The van der Waals surface area contributed by atoms with Crippen LogP contribution in [0.3, 0.4) is 0 Å². The maximum Gasteiger partial charge on any atom is 0.316 e. The molecule has 7 heteroatoms. The maximum absolute atomic E-state index is 12.1. The van der Waals surface area contributed by atoms with Crippen LogP contribution in [-0.2, 0) is 0 Å². The summed E-state index contributed by atoms with van der Waals surface area (Å²) in [4.78, 5) is 22.0. The molecule has 100 valence electrons. The van der Waals surface area contributed by atoms with Crippen molar-refractivity contribution in [3.8, 4) is 11.5 Å². The Bertz CT molecular complexity index is 604. The fraction of sp³-hybridized carbons (Fsp3) is 0.500.